The predicted octanol–water partition coefficient (Wildman–Crippen LogP) is 0.675. The van der Waals surface area contributed by atoms with Gasteiger partial charge in [0.25, 0.3) is 0 Å². The number of amides is 2. The molecule has 0 saturated carbocycles. The SMILES string of the molecule is CCOC(=O)N1CCN(CC(=O)NC(C)(C)C)CC1. The van der Waals surface area contributed by atoms with Gasteiger partial charge in [0.05, 0.1) is 13.2 Å². The van der Waals surface area contributed by atoms with Crippen LogP contribution in [0.1, 0.15) is 27.7 Å². The molecule has 0 spiro atoms. The van der Waals surface area contributed by atoms with Crippen LogP contribution < -0.4 is 5.32 Å². The summed E-state index contributed by atoms with van der Waals surface area (Å²) in [5.41, 5.74) is -0.205. The zero-order chi connectivity index (χ0) is 14.5. The van der Waals surface area contributed by atoms with Crippen molar-refractivity contribution in [2.24, 2.45) is 0 Å². The van der Waals surface area contributed by atoms with Crippen molar-refractivity contribution in [1.82, 2.24) is 15.1 Å². The van der Waals surface area contributed by atoms with Gasteiger partial charge in [0.15, 0.2) is 0 Å². The molecule has 6 nitrogen and oxygen atoms in total. The Morgan fingerprint density at radius 2 is 1.74 bits per heavy atom. The molecule has 1 rings (SSSR count). The highest BCUT2D eigenvalue weighted by Crippen LogP contribution is 2.04. The molecule has 0 aliphatic carbocycles. The fraction of sp³-hybridized carbons (Fsp3) is 0.846. The Balaban J connectivity index is 2.30. The Bertz CT molecular complexity index is 318. The molecule has 0 aromatic rings. The third kappa shape index (κ3) is 5.92. The van der Waals surface area contributed by atoms with Gasteiger partial charge in [0.1, 0.15) is 0 Å². The second kappa shape index (κ2) is 6.75. The fourth-order valence-corrected chi connectivity index (χ4v) is 1.96. The van der Waals surface area contributed by atoms with E-state index in [1.54, 1.807) is 11.8 Å². The molecule has 1 aliphatic heterocycles. The molecule has 110 valence electrons. The van der Waals surface area contributed by atoms with Gasteiger partial charge in [-0.2, -0.15) is 0 Å². The van der Waals surface area contributed by atoms with Gasteiger partial charge in [0, 0.05) is 31.7 Å². The highest BCUT2D eigenvalue weighted by molar-refractivity contribution is 5.78. The normalized spacial score (nSPS) is 17.2. The lowest BCUT2D eigenvalue weighted by atomic mass is 10.1. The van der Waals surface area contributed by atoms with Crippen LogP contribution in [0.5, 0.6) is 0 Å². The van der Waals surface area contributed by atoms with Gasteiger partial charge in [-0.3, -0.25) is 9.69 Å². The van der Waals surface area contributed by atoms with Gasteiger partial charge >= 0.3 is 6.09 Å². The van der Waals surface area contributed by atoms with Crippen molar-refractivity contribution in [3.8, 4) is 0 Å². The first kappa shape index (κ1) is 15.8. The lowest BCUT2D eigenvalue weighted by molar-refractivity contribution is -0.124. The first-order valence-corrected chi connectivity index (χ1v) is 6.77. The van der Waals surface area contributed by atoms with E-state index >= 15 is 0 Å². The molecular formula is C13H25N3O3. The number of rotatable bonds is 3. The largest absolute Gasteiger partial charge is 0.450 e. The average molecular weight is 271 g/mol. The molecule has 1 aliphatic rings. The summed E-state index contributed by atoms with van der Waals surface area (Å²) in [4.78, 5) is 27.0. The first-order chi connectivity index (χ1) is 8.81. The Hall–Kier alpha value is -1.30. The van der Waals surface area contributed by atoms with Crippen LogP contribution in [-0.2, 0) is 9.53 Å². The van der Waals surface area contributed by atoms with Gasteiger partial charge in [-0.25, -0.2) is 4.79 Å². The number of carbonyl (C=O) groups excluding carboxylic acids is 2. The third-order valence-electron chi connectivity index (χ3n) is 2.78. The minimum atomic E-state index is -0.263. The molecule has 0 aromatic carbocycles. The van der Waals surface area contributed by atoms with Gasteiger partial charge < -0.3 is 15.0 Å². The zero-order valence-corrected chi connectivity index (χ0v) is 12.4. The van der Waals surface area contributed by atoms with Crippen molar-refractivity contribution in [2.75, 3.05) is 39.3 Å². The standard InChI is InChI=1S/C13H25N3O3/c1-5-19-12(18)16-8-6-15(7-9-16)10-11(17)14-13(2,3)4/h5-10H2,1-4H3,(H,14,17). The quantitative estimate of drug-likeness (QED) is 0.820. The van der Waals surface area contributed by atoms with E-state index in [0.29, 0.717) is 39.3 Å². The Labute approximate surface area is 115 Å². The Morgan fingerprint density at radius 3 is 2.21 bits per heavy atom. The Kier molecular flexibility index (Phi) is 5.60. The van der Waals surface area contributed by atoms with E-state index in [0.717, 1.165) is 0 Å². The zero-order valence-electron chi connectivity index (χ0n) is 12.4. The summed E-state index contributed by atoms with van der Waals surface area (Å²) in [6.07, 6.45) is -0.263. The molecule has 19 heavy (non-hydrogen) atoms. The Morgan fingerprint density at radius 1 is 1.16 bits per heavy atom. The lowest BCUT2D eigenvalue weighted by Gasteiger charge is -2.34. The molecule has 0 unspecified atom stereocenters. The van der Waals surface area contributed by atoms with E-state index < -0.39 is 0 Å². The summed E-state index contributed by atoms with van der Waals surface area (Å²) in [6, 6.07) is 0. The van der Waals surface area contributed by atoms with E-state index in [2.05, 4.69) is 10.2 Å². The smallest absolute Gasteiger partial charge is 0.409 e. The van der Waals surface area contributed by atoms with Crippen LogP contribution >= 0.6 is 0 Å². The van der Waals surface area contributed by atoms with E-state index in [-0.39, 0.29) is 17.5 Å². The number of piperazine rings is 1. The minimum Gasteiger partial charge on any atom is -0.450 e. The molecular weight excluding hydrogens is 246 g/mol. The summed E-state index contributed by atoms with van der Waals surface area (Å²) in [5, 5.41) is 2.93. The van der Waals surface area contributed by atoms with Crippen LogP contribution in [0.15, 0.2) is 0 Å². The maximum Gasteiger partial charge on any atom is 0.409 e. The van der Waals surface area contributed by atoms with Crippen LogP contribution in [0.25, 0.3) is 0 Å². The molecule has 2 amide bonds. The van der Waals surface area contributed by atoms with Crippen LogP contribution in [0, 0.1) is 0 Å². The van der Waals surface area contributed by atoms with Crippen molar-refractivity contribution in [3.05, 3.63) is 0 Å². The van der Waals surface area contributed by atoms with Gasteiger partial charge in [-0.15, -0.1) is 0 Å². The first-order valence-electron chi connectivity index (χ1n) is 6.77. The summed E-state index contributed by atoms with van der Waals surface area (Å²) in [6.45, 7) is 11.1. The second-order valence-corrected chi connectivity index (χ2v) is 5.76. The van der Waals surface area contributed by atoms with Crippen LogP contribution in [0.4, 0.5) is 4.79 Å². The monoisotopic (exact) mass is 271 g/mol. The minimum absolute atomic E-state index is 0.0251. The number of hydrogen-bond donors (Lipinski definition) is 1. The highest BCUT2D eigenvalue weighted by atomic mass is 16.6. The van der Waals surface area contributed by atoms with Gasteiger partial charge in [0.2, 0.25) is 5.91 Å². The van der Waals surface area contributed by atoms with Crippen molar-refractivity contribution in [3.63, 3.8) is 0 Å². The van der Waals surface area contributed by atoms with Crippen LogP contribution in [0.3, 0.4) is 0 Å². The van der Waals surface area contributed by atoms with Crippen molar-refractivity contribution < 1.29 is 14.3 Å². The number of ether oxygens (including phenoxy) is 1. The van der Waals surface area contributed by atoms with E-state index in [9.17, 15) is 9.59 Å². The van der Waals surface area contributed by atoms with Gasteiger partial charge in [-0.05, 0) is 27.7 Å². The molecule has 1 N–H and O–H groups in total. The molecule has 6 heteroatoms. The number of nitrogens with zero attached hydrogens (tertiary/aromatic N) is 2. The van der Waals surface area contributed by atoms with E-state index in [1.165, 1.54) is 0 Å². The molecule has 0 aromatic heterocycles. The molecule has 0 atom stereocenters. The topological polar surface area (TPSA) is 61.9 Å². The molecule has 1 heterocycles. The van der Waals surface area contributed by atoms with Crippen molar-refractivity contribution >= 4 is 12.0 Å². The fourth-order valence-electron chi connectivity index (χ4n) is 1.96. The summed E-state index contributed by atoms with van der Waals surface area (Å²) < 4.78 is 4.95. The average Bonchev–Trinajstić information content (AvgIpc) is 2.27. The highest BCUT2D eigenvalue weighted by Gasteiger charge is 2.24. The van der Waals surface area contributed by atoms with E-state index in [1.807, 2.05) is 20.8 Å². The van der Waals surface area contributed by atoms with Crippen molar-refractivity contribution in [2.45, 2.75) is 33.2 Å². The lowest BCUT2D eigenvalue weighted by Crippen LogP contribution is -2.52. The number of hydrogen-bond acceptors (Lipinski definition) is 4. The molecule has 0 radical (unpaired) electrons. The van der Waals surface area contributed by atoms with Gasteiger partial charge in [-0.1, -0.05) is 0 Å². The second-order valence-electron chi connectivity index (χ2n) is 5.76. The summed E-state index contributed by atoms with van der Waals surface area (Å²) >= 11 is 0. The maximum absolute atomic E-state index is 11.8. The third-order valence-corrected chi connectivity index (χ3v) is 2.78. The summed E-state index contributed by atoms with van der Waals surface area (Å²) in [7, 11) is 0. The maximum atomic E-state index is 11.8. The molecule has 0 bridgehead atoms. The predicted molar refractivity (Wildman–Crippen MR) is 72.9 cm³/mol. The van der Waals surface area contributed by atoms with Crippen LogP contribution in [-0.4, -0.2) is 66.7 Å². The van der Waals surface area contributed by atoms with E-state index in [4.69, 9.17) is 4.74 Å². The number of nitrogens with one attached hydrogen (secondary N) is 1. The molecule has 1 saturated heterocycles. The molecule has 1 fully saturated rings. The number of carbonyl (C=O) groups is 2. The summed E-state index contributed by atoms with van der Waals surface area (Å²) in [5.74, 6) is 0.0251. The van der Waals surface area contributed by atoms with Crippen molar-refractivity contribution in [1.29, 1.82) is 0 Å². The van der Waals surface area contributed by atoms with Crippen LogP contribution in [0.2, 0.25) is 0 Å².